The van der Waals surface area contributed by atoms with E-state index in [0.717, 1.165) is 44.9 Å². The average molecular weight is 1070 g/mol. The van der Waals surface area contributed by atoms with Crippen LogP contribution in [-0.4, -0.2) is 9.13 Å². The van der Waals surface area contributed by atoms with E-state index in [9.17, 15) is 0 Å². The number of hydrogen-bond acceptors (Lipinski definition) is 0. The van der Waals surface area contributed by atoms with Gasteiger partial charge in [-0.2, -0.15) is 0 Å². The molecule has 0 aliphatic rings. The highest BCUT2D eigenvalue weighted by atomic mass is 15.0. The van der Waals surface area contributed by atoms with Crippen molar-refractivity contribution in [3.05, 3.63) is 315 Å². The molecule has 2 heterocycles. The average Bonchev–Trinajstić information content (AvgIpc) is 1.69. The van der Waals surface area contributed by atoms with E-state index >= 15 is 0 Å². The van der Waals surface area contributed by atoms with Crippen LogP contribution in [0.2, 0.25) is 0 Å². The Morgan fingerprint density at radius 1 is 0.167 bits per heavy atom. The molecule has 0 radical (unpaired) electrons. The van der Waals surface area contributed by atoms with Gasteiger partial charge in [-0.25, -0.2) is 0 Å². The molecule has 0 spiro atoms. The SMILES string of the molecule is c1ccc(-c2c(-c3ccccc3)n(-c3ccc4ccccc4c3)c3cc4c(-c5ccc6ccccc6c5)c5cc6c(-c7ccccc7)c(-c7ccccc7)n(-c7ccc8ccccc8c7)c6cc5c(-c5ccc6ccccc6c5)c4cc23)cc1. The van der Waals surface area contributed by atoms with Gasteiger partial charge in [0.25, 0.3) is 0 Å². The van der Waals surface area contributed by atoms with Crippen LogP contribution >= 0.6 is 0 Å². The van der Waals surface area contributed by atoms with Crippen molar-refractivity contribution < 1.29 is 0 Å². The molecular weight excluding hydrogens is 1010 g/mol. The van der Waals surface area contributed by atoms with Crippen molar-refractivity contribution in [3.63, 3.8) is 0 Å². The summed E-state index contributed by atoms with van der Waals surface area (Å²) >= 11 is 0. The van der Waals surface area contributed by atoms with E-state index in [0.29, 0.717) is 0 Å². The fraction of sp³-hybridized carbons (Fsp3) is 0. The number of nitrogens with zero attached hydrogens (tertiary/aromatic N) is 2. The Morgan fingerprint density at radius 3 is 0.810 bits per heavy atom. The van der Waals surface area contributed by atoms with Crippen LogP contribution < -0.4 is 0 Å². The van der Waals surface area contributed by atoms with Gasteiger partial charge in [0, 0.05) is 33.3 Å². The lowest BCUT2D eigenvalue weighted by Crippen LogP contribution is -1.99. The first-order chi connectivity index (χ1) is 41.7. The molecule has 2 heteroatoms. The fourth-order valence-corrected chi connectivity index (χ4v) is 13.8. The maximum absolute atomic E-state index is 2.56. The standard InChI is InChI=1S/C82H52N2/c1-5-25-57(26-6-1)79-73-49-69-71(51-75(73)83(81(79)59-29-9-3-10-30-59)67-43-41-55-23-15-19-35-63(55)47-67)78(66-40-38-54-22-14-18-34-62(54)46-66)70-50-74-76(52-72(70)77(69)65-39-37-53-21-13-17-33-61(53)45-65)84(68-44-42-56-24-16-20-36-64(56)48-68)82(60-31-11-4-12-32-60)80(74)58-27-7-2-8-28-58/h1-52H. The van der Waals surface area contributed by atoms with Crippen LogP contribution in [0.25, 0.3) is 165 Å². The van der Waals surface area contributed by atoms with Crippen LogP contribution in [0.5, 0.6) is 0 Å². The quantitative estimate of drug-likeness (QED) is 0.134. The van der Waals surface area contributed by atoms with Gasteiger partial charge in [0.15, 0.2) is 0 Å². The molecule has 17 rings (SSSR count). The van der Waals surface area contributed by atoms with Gasteiger partial charge in [0.05, 0.1) is 22.4 Å². The molecule has 15 aromatic carbocycles. The molecule has 84 heavy (non-hydrogen) atoms. The minimum absolute atomic E-state index is 1.11. The lowest BCUT2D eigenvalue weighted by molar-refractivity contribution is 1.14. The number of benzene rings is 15. The van der Waals surface area contributed by atoms with Gasteiger partial charge < -0.3 is 9.13 Å². The van der Waals surface area contributed by atoms with Crippen molar-refractivity contribution >= 4 is 86.4 Å². The summed E-state index contributed by atoms with van der Waals surface area (Å²) in [5.41, 5.74) is 18.6. The van der Waals surface area contributed by atoms with Crippen LogP contribution in [0.15, 0.2) is 315 Å². The molecule has 0 amide bonds. The molecule has 2 nitrogen and oxygen atoms in total. The smallest absolute Gasteiger partial charge is 0.0619 e. The van der Waals surface area contributed by atoms with Crippen LogP contribution in [-0.2, 0) is 0 Å². The molecule has 0 saturated heterocycles. The third-order valence-corrected chi connectivity index (χ3v) is 17.6. The maximum atomic E-state index is 2.56. The fourth-order valence-electron chi connectivity index (χ4n) is 13.8. The van der Waals surface area contributed by atoms with E-state index < -0.39 is 0 Å². The number of aromatic nitrogens is 2. The summed E-state index contributed by atoms with van der Waals surface area (Å²) in [6, 6.07) is 118. The van der Waals surface area contributed by atoms with Gasteiger partial charge in [-0.05, 0) is 170 Å². The highest BCUT2D eigenvalue weighted by molar-refractivity contribution is 6.28. The van der Waals surface area contributed by atoms with Crippen LogP contribution in [0, 0.1) is 0 Å². The van der Waals surface area contributed by atoms with Crippen LogP contribution in [0.3, 0.4) is 0 Å². The largest absolute Gasteiger partial charge is 0.309 e. The van der Waals surface area contributed by atoms with Gasteiger partial charge in [0.1, 0.15) is 0 Å². The predicted octanol–water partition coefficient (Wildman–Crippen LogP) is 22.5. The third kappa shape index (κ3) is 7.65. The first-order valence-corrected chi connectivity index (χ1v) is 29.1. The van der Waals surface area contributed by atoms with E-state index in [4.69, 9.17) is 0 Å². The summed E-state index contributed by atoms with van der Waals surface area (Å²) in [4.78, 5) is 0. The van der Waals surface area contributed by atoms with Gasteiger partial charge in [-0.1, -0.05) is 255 Å². The molecule has 0 unspecified atom stereocenters. The monoisotopic (exact) mass is 1060 g/mol. The molecular formula is C82H52N2. The third-order valence-electron chi connectivity index (χ3n) is 17.6. The Morgan fingerprint density at radius 2 is 0.452 bits per heavy atom. The summed E-state index contributed by atoms with van der Waals surface area (Å²) < 4.78 is 5.10. The lowest BCUT2D eigenvalue weighted by atomic mass is 9.83. The number of hydrogen-bond donors (Lipinski definition) is 0. The molecule has 390 valence electrons. The van der Waals surface area contributed by atoms with Crippen molar-refractivity contribution in [1.82, 2.24) is 9.13 Å². The maximum Gasteiger partial charge on any atom is 0.0619 e. The minimum Gasteiger partial charge on any atom is -0.309 e. The van der Waals surface area contributed by atoms with Gasteiger partial charge in [-0.15, -0.1) is 0 Å². The van der Waals surface area contributed by atoms with Crippen molar-refractivity contribution in [2.45, 2.75) is 0 Å². The van der Waals surface area contributed by atoms with Gasteiger partial charge in [-0.3, -0.25) is 0 Å². The van der Waals surface area contributed by atoms with Gasteiger partial charge in [0.2, 0.25) is 0 Å². The summed E-state index contributed by atoms with van der Waals surface area (Å²) in [5.74, 6) is 0. The first-order valence-electron chi connectivity index (χ1n) is 29.1. The second-order valence-electron chi connectivity index (χ2n) is 22.3. The second kappa shape index (κ2) is 19.3. The molecule has 0 aliphatic heterocycles. The molecule has 17 aromatic rings. The highest BCUT2D eigenvalue weighted by Gasteiger charge is 2.28. The molecule has 0 N–H and O–H groups in total. The van der Waals surface area contributed by atoms with Gasteiger partial charge >= 0.3 is 0 Å². The second-order valence-corrected chi connectivity index (χ2v) is 22.3. The topological polar surface area (TPSA) is 9.86 Å². The molecule has 0 saturated carbocycles. The molecule has 0 fully saturated rings. The zero-order valence-corrected chi connectivity index (χ0v) is 45.9. The van der Waals surface area contributed by atoms with E-state index in [1.165, 1.54) is 120 Å². The molecule has 2 aromatic heterocycles. The summed E-state index contributed by atoms with van der Waals surface area (Å²) in [7, 11) is 0. The Labute approximate surface area is 486 Å². The lowest BCUT2D eigenvalue weighted by Gasteiger charge is -2.20. The zero-order chi connectivity index (χ0) is 55.2. The van der Waals surface area contributed by atoms with Crippen LogP contribution in [0.4, 0.5) is 0 Å². The van der Waals surface area contributed by atoms with E-state index in [-0.39, 0.29) is 0 Å². The summed E-state index contributed by atoms with van der Waals surface area (Å²) in [6.07, 6.45) is 0. The van der Waals surface area contributed by atoms with Crippen molar-refractivity contribution in [2.24, 2.45) is 0 Å². The Kier molecular flexibility index (Phi) is 11.0. The van der Waals surface area contributed by atoms with Crippen molar-refractivity contribution in [2.75, 3.05) is 0 Å². The number of fused-ring (bicyclic) bond motifs is 8. The molecule has 0 bridgehead atoms. The van der Waals surface area contributed by atoms with Crippen LogP contribution in [0.1, 0.15) is 0 Å². The first kappa shape index (κ1) is 47.7. The normalized spacial score (nSPS) is 11.8. The van der Waals surface area contributed by atoms with Crippen molar-refractivity contribution in [3.8, 4) is 78.4 Å². The summed E-state index contributed by atoms with van der Waals surface area (Å²) in [6.45, 7) is 0. The van der Waals surface area contributed by atoms with E-state index in [1.54, 1.807) is 0 Å². The van der Waals surface area contributed by atoms with E-state index in [2.05, 4.69) is 325 Å². The summed E-state index contributed by atoms with van der Waals surface area (Å²) in [5, 5.41) is 16.8. The minimum atomic E-state index is 1.11. The molecule has 0 aliphatic carbocycles. The Bertz CT molecular complexity index is 5120. The Hall–Kier alpha value is -11.1. The zero-order valence-electron chi connectivity index (χ0n) is 45.9. The highest BCUT2D eigenvalue weighted by Crippen LogP contribution is 2.53. The van der Waals surface area contributed by atoms with E-state index in [1.807, 2.05) is 0 Å². The van der Waals surface area contributed by atoms with Crippen molar-refractivity contribution in [1.29, 1.82) is 0 Å². The Balaban J connectivity index is 1.12. The number of rotatable bonds is 8. The predicted molar refractivity (Wildman–Crippen MR) is 358 cm³/mol. The molecule has 0 atom stereocenters.